The minimum atomic E-state index is -2.97. The normalized spacial score (nSPS) is 13.6. The first-order chi connectivity index (χ1) is 12.6. The Morgan fingerprint density at radius 3 is 1.73 bits per heavy atom. The lowest BCUT2D eigenvalue weighted by molar-refractivity contribution is 0.312. The second-order valence-corrected chi connectivity index (χ2v) is 10.7. The maximum atomic E-state index is 12.2. The van der Waals surface area contributed by atoms with Crippen molar-refractivity contribution >= 4 is 18.0 Å². The van der Waals surface area contributed by atoms with Crippen LogP contribution in [-0.4, -0.2) is 6.16 Å². The molecule has 0 saturated carbocycles. The van der Waals surface area contributed by atoms with Gasteiger partial charge in [0.15, 0.2) is 0 Å². The Hall–Kier alpha value is -0.300. The molecule has 0 heterocycles. The van der Waals surface area contributed by atoms with Crippen molar-refractivity contribution in [3.8, 4) is 0 Å². The Morgan fingerprint density at radius 2 is 1.23 bits per heavy atom. The third kappa shape index (κ3) is 13.8. The smallest absolute Gasteiger partial charge is 0.290 e. The van der Waals surface area contributed by atoms with Crippen molar-refractivity contribution < 1.29 is 9.09 Å². The van der Waals surface area contributed by atoms with E-state index in [1.165, 1.54) is 70.6 Å². The topological polar surface area (TPSA) is 26.3 Å². The van der Waals surface area contributed by atoms with Crippen LogP contribution in [0, 0.1) is 0 Å². The van der Waals surface area contributed by atoms with Crippen LogP contribution in [0.3, 0.4) is 0 Å². The fourth-order valence-corrected chi connectivity index (χ4v) is 4.71. The monoisotopic (exact) mass is 400 g/mol. The zero-order valence-corrected chi connectivity index (χ0v) is 18.3. The molecule has 0 aromatic heterocycles. The lowest BCUT2D eigenvalue weighted by atomic mass is 10.1. The molecule has 1 aromatic carbocycles. The third-order valence-electron chi connectivity index (χ3n) is 4.80. The summed E-state index contributed by atoms with van der Waals surface area (Å²) in [6, 6.07) is 9.77. The Kier molecular flexibility index (Phi) is 14.4. The molecule has 1 unspecified atom stereocenters. The summed E-state index contributed by atoms with van der Waals surface area (Å²) >= 11 is 6.06. The van der Waals surface area contributed by atoms with Crippen LogP contribution >= 0.6 is 18.0 Å². The molecule has 0 spiro atoms. The first-order valence-corrected chi connectivity index (χ1v) is 13.3. The van der Waals surface area contributed by atoms with Crippen LogP contribution in [-0.2, 0) is 15.7 Å². The van der Waals surface area contributed by atoms with E-state index < -0.39 is 6.72 Å². The van der Waals surface area contributed by atoms with E-state index in [-0.39, 0.29) is 0 Å². The number of halogens is 1. The van der Waals surface area contributed by atoms with Crippen LogP contribution in [0.25, 0.3) is 0 Å². The van der Waals surface area contributed by atoms with E-state index in [1.54, 1.807) is 0 Å². The van der Waals surface area contributed by atoms with Crippen molar-refractivity contribution in [3.63, 3.8) is 0 Å². The van der Waals surface area contributed by atoms with Gasteiger partial charge in [0, 0.05) is 6.16 Å². The molecule has 0 radical (unpaired) electrons. The van der Waals surface area contributed by atoms with E-state index >= 15 is 0 Å². The summed E-state index contributed by atoms with van der Waals surface area (Å²) < 4.78 is 17.7. The van der Waals surface area contributed by atoms with E-state index in [0.717, 1.165) is 18.4 Å². The molecule has 0 fully saturated rings. The van der Waals surface area contributed by atoms with Crippen LogP contribution in [0.15, 0.2) is 30.3 Å². The molecule has 0 bridgehead atoms. The molecule has 0 aliphatic rings. The van der Waals surface area contributed by atoms with Crippen molar-refractivity contribution in [2.45, 2.75) is 97.0 Å². The summed E-state index contributed by atoms with van der Waals surface area (Å²) in [5.41, 5.74) is 1.01. The Labute approximate surface area is 166 Å². The van der Waals surface area contributed by atoms with Gasteiger partial charge in [-0.2, -0.15) is 0 Å². The first-order valence-electron chi connectivity index (χ1n) is 10.6. The number of rotatable bonds is 17. The highest BCUT2D eigenvalue weighted by Gasteiger charge is 2.18. The molecule has 1 rings (SSSR count). The van der Waals surface area contributed by atoms with Gasteiger partial charge in [-0.3, -0.25) is 4.57 Å². The lowest BCUT2D eigenvalue weighted by Gasteiger charge is -2.11. The third-order valence-corrected chi connectivity index (χ3v) is 6.96. The van der Waals surface area contributed by atoms with Crippen molar-refractivity contribution in [1.29, 1.82) is 0 Å². The molecule has 0 aliphatic heterocycles. The van der Waals surface area contributed by atoms with Gasteiger partial charge in [-0.25, -0.2) is 0 Å². The van der Waals surface area contributed by atoms with Gasteiger partial charge in [0.1, 0.15) is 0 Å². The average molecular weight is 401 g/mol. The van der Waals surface area contributed by atoms with Gasteiger partial charge >= 0.3 is 0 Å². The van der Waals surface area contributed by atoms with Gasteiger partial charge < -0.3 is 4.52 Å². The van der Waals surface area contributed by atoms with Gasteiger partial charge in [-0.05, 0) is 23.2 Å². The van der Waals surface area contributed by atoms with Gasteiger partial charge in [-0.1, -0.05) is 114 Å². The van der Waals surface area contributed by atoms with E-state index in [0.29, 0.717) is 12.8 Å². The van der Waals surface area contributed by atoms with Crippen LogP contribution in [0.1, 0.15) is 96.0 Å². The van der Waals surface area contributed by atoms with Crippen molar-refractivity contribution in [1.82, 2.24) is 0 Å². The summed E-state index contributed by atoms with van der Waals surface area (Å²) in [6.45, 7) is -0.367. The first kappa shape index (κ1) is 23.7. The molecular weight excluding hydrogens is 363 g/mol. The van der Waals surface area contributed by atoms with Crippen LogP contribution in [0.2, 0.25) is 0 Å². The Balaban J connectivity index is 1.89. The Bertz CT molecular complexity index is 478. The molecule has 1 aromatic rings. The number of benzene rings is 1. The van der Waals surface area contributed by atoms with Gasteiger partial charge in [0.2, 0.25) is 0 Å². The molecule has 0 saturated heterocycles. The second kappa shape index (κ2) is 15.7. The predicted molar refractivity (Wildman–Crippen MR) is 115 cm³/mol. The van der Waals surface area contributed by atoms with Crippen molar-refractivity contribution in [3.05, 3.63) is 35.9 Å². The SMILES string of the molecule is CCCCCCCCCCCCCCCP(=O)(Cl)OCc1ccccc1. The quantitative estimate of drug-likeness (QED) is 0.193. The molecule has 26 heavy (non-hydrogen) atoms. The fourth-order valence-electron chi connectivity index (χ4n) is 3.13. The van der Waals surface area contributed by atoms with Crippen LogP contribution in [0.4, 0.5) is 0 Å². The maximum absolute atomic E-state index is 12.2. The van der Waals surface area contributed by atoms with Crippen LogP contribution in [0.5, 0.6) is 0 Å². The maximum Gasteiger partial charge on any atom is 0.290 e. The zero-order valence-electron chi connectivity index (χ0n) is 16.6. The van der Waals surface area contributed by atoms with Gasteiger partial charge in [0.05, 0.1) is 6.61 Å². The summed E-state index contributed by atoms with van der Waals surface area (Å²) in [7, 11) is 0. The highest BCUT2D eigenvalue weighted by molar-refractivity contribution is 7.85. The van der Waals surface area contributed by atoms with E-state index in [9.17, 15) is 4.57 Å². The predicted octanol–water partition coefficient (Wildman–Crippen LogP) is 8.73. The van der Waals surface area contributed by atoms with Gasteiger partial charge in [-0.15, -0.1) is 0 Å². The van der Waals surface area contributed by atoms with Crippen molar-refractivity contribution in [2.75, 3.05) is 6.16 Å². The number of unbranched alkanes of at least 4 members (excludes halogenated alkanes) is 12. The fraction of sp³-hybridized carbons (Fsp3) is 0.727. The van der Waals surface area contributed by atoms with Crippen LogP contribution < -0.4 is 0 Å². The minimum Gasteiger partial charge on any atom is -0.313 e. The van der Waals surface area contributed by atoms with E-state index in [1.807, 2.05) is 30.3 Å². The van der Waals surface area contributed by atoms with Crippen molar-refractivity contribution in [2.24, 2.45) is 0 Å². The van der Waals surface area contributed by atoms with E-state index in [4.69, 9.17) is 15.8 Å². The zero-order chi connectivity index (χ0) is 18.9. The highest BCUT2D eigenvalue weighted by atomic mass is 35.7. The summed E-state index contributed by atoms with van der Waals surface area (Å²) in [6.07, 6.45) is 17.4. The molecule has 0 N–H and O–H groups in total. The highest BCUT2D eigenvalue weighted by Crippen LogP contribution is 2.53. The van der Waals surface area contributed by atoms with Gasteiger partial charge in [0.25, 0.3) is 6.72 Å². The molecule has 0 amide bonds. The van der Waals surface area contributed by atoms with E-state index in [2.05, 4.69) is 6.92 Å². The molecule has 1 atom stereocenters. The minimum absolute atomic E-state index is 0.333. The molecule has 150 valence electrons. The number of hydrogen-bond acceptors (Lipinski definition) is 2. The molecule has 0 aliphatic carbocycles. The summed E-state index contributed by atoms with van der Waals surface area (Å²) in [5.74, 6) is 0. The second-order valence-electron chi connectivity index (χ2n) is 7.32. The molecular formula is C22H38ClO2P. The lowest BCUT2D eigenvalue weighted by Crippen LogP contribution is -1.93. The molecule has 2 nitrogen and oxygen atoms in total. The standard InChI is InChI=1S/C22H38ClO2P/c1-2-3-4-5-6-7-8-9-10-11-12-13-17-20-26(23,24)25-21-22-18-15-14-16-19-22/h14-16,18-19H,2-13,17,20-21H2,1H3. The summed E-state index contributed by atoms with van der Waals surface area (Å²) in [4.78, 5) is 0. The molecule has 4 heteroatoms. The average Bonchev–Trinajstić information content (AvgIpc) is 2.65. The Morgan fingerprint density at radius 1 is 0.769 bits per heavy atom. The largest absolute Gasteiger partial charge is 0.313 e. The summed E-state index contributed by atoms with van der Waals surface area (Å²) in [5, 5.41) is 0. The number of hydrogen-bond donors (Lipinski definition) is 0.